The van der Waals surface area contributed by atoms with Crippen molar-refractivity contribution >= 4 is 17.7 Å². The number of aliphatic carboxylic acids is 1. The van der Waals surface area contributed by atoms with Crippen LogP contribution in [0.25, 0.3) is 0 Å². The summed E-state index contributed by atoms with van der Waals surface area (Å²) in [6.07, 6.45) is 0. The molecule has 8 nitrogen and oxygen atoms in total. The van der Waals surface area contributed by atoms with E-state index in [-0.39, 0.29) is 11.4 Å². The average Bonchev–Trinajstić information content (AvgIpc) is 2.72. The van der Waals surface area contributed by atoms with E-state index in [2.05, 4.69) is 10.2 Å². The molecule has 0 fully saturated rings. The van der Waals surface area contributed by atoms with Gasteiger partial charge in [0.25, 0.3) is 0 Å². The van der Waals surface area contributed by atoms with Gasteiger partial charge in [-0.05, 0) is 7.05 Å². The molecule has 2 N–H and O–H groups in total. The topological polar surface area (TPSA) is 100 Å². The maximum Gasteiger partial charge on any atom is 0.344 e. The number of hydrogen-bond donors (Lipinski definition) is 2. The van der Waals surface area contributed by atoms with E-state index in [0.717, 1.165) is 18.3 Å². The molecular formula is C10H18N4O4S. The second kappa shape index (κ2) is 7.97. The fourth-order valence-corrected chi connectivity index (χ4v) is 2.06. The van der Waals surface area contributed by atoms with Gasteiger partial charge in [-0.3, -0.25) is 9.36 Å². The summed E-state index contributed by atoms with van der Waals surface area (Å²) in [5, 5.41) is 15.2. The minimum absolute atomic E-state index is 0.121. The maximum atomic E-state index is 11.6. The van der Waals surface area contributed by atoms with Gasteiger partial charge in [0.1, 0.15) is 0 Å². The molecule has 108 valence electrons. The van der Waals surface area contributed by atoms with Crippen molar-refractivity contribution < 1.29 is 14.6 Å². The highest BCUT2D eigenvalue weighted by molar-refractivity contribution is 7.99. The first-order valence-electron chi connectivity index (χ1n) is 5.72. The molecule has 1 rings (SSSR count). The summed E-state index contributed by atoms with van der Waals surface area (Å²) in [6.45, 7) is 2.50. The predicted molar refractivity (Wildman–Crippen MR) is 70.6 cm³/mol. The summed E-state index contributed by atoms with van der Waals surface area (Å²) in [5.74, 6) is -1.06. The van der Waals surface area contributed by atoms with Crippen LogP contribution in [0.2, 0.25) is 0 Å². The van der Waals surface area contributed by atoms with Crippen molar-refractivity contribution in [2.45, 2.75) is 11.7 Å². The molecule has 0 amide bonds. The third-order valence-electron chi connectivity index (χ3n) is 2.43. The molecule has 19 heavy (non-hydrogen) atoms. The van der Waals surface area contributed by atoms with E-state index in [1.807, 2.05) is 11.9 Å². The smallest absolute Gasteiger partial charge is 0.344 e. The van der Waals surface area contributed by atoms with Crippen LogP contribution in [0.3, 0.4) is 0 Å². The molecule has 0 aliphatic heterocycles. The molecule has 0 aromatic carbocycles. The summed E-state index contributed by atoms with van der Waals surface area (Å²) in [7, 11) is 3.56. The Kier molecular flexibility index (Phi) is 6.60. The minimum Gasteiger partial charge on any atom is -0.481 e. The molecule has 0 aliphatic carbocycles. The van der Waals surface area contributed by atoms with Gasteiger partial charge in [-0.25, -0.2) is 9.89 Å². The van der Waals surface area contributed by atoms with Gasteiger partial charge >= 0.3 is 11.7 Å². The van der Waals surface area contributed by atoms with Crippen LogP contribution in [0.15, 0.2) is 9.95 Å². The molecule has 1 aromatic heterocycles. The lowest BCUT2D eigenvalue weighted by molar-refractivity contribution is -0.133. The first-order valence-corrected chi connectivity index (χ1v) is 6.70. The SMILES string of the molecule is COCCN(C)CCn1c(SCC(=O)O)n[nH]c1=O. The Labute approximate surface area is 114 Å². The monoisotopic (exact) mass is 290 g/mol. The number of H-pyrrole nitrogens is 1. The van der Waals surface area contributed by atoms with Crippen molar-refractivity contribution in [3.63, 3.8) is 0 Å². The van der Waals surface area contributed by atoms with Crippen molar-refractivity contribution in [3.05, 3.63) is 10.5 Å². The number of nitrogens with zero attached hydrogens (tertiary/aromatic N) is 3. The maximum absolute atomic E-state index is 11.6. The third kappa shape index (κ3) is 5.45. The van der Waals surface area contributed by atoms with Gasteiger partial charge < -0.3 is 14.7 Å². The van der Waals surface area contributed by atoms with Gasteiger partial charge in [0.15, 0.2) is 5.16 Å². The highest BCUT2D eigenvalue weighted by Crippen LogP contribution is 2.12. The largest absolute Gasteiger partial charge is 0.481 e. The van der Waals surface area contributed by atoms with E-state index < -0.39 is 5.97 Å². The number of methoxy groups -OCH3 is 1. The molecule has 0 bridgehead atoms. The number of nitrogens with one attached hydrogen (secondary N) is 1. The van der Waals surface area contributed by atoms with E-state index in [1.165, 1.54) is 4.57 Å². The number of likely N-dealkylation sites (N-methyl/N-ethyl adjacent to an activating group) is 1. The molecule has 0 spiro atoms. The van der Waals surface area contributed by atoms with Crippen LogP contribution < -0.4 is 5.69 Å². The van der Waals surface area contributed by atoms with Gasteiger partial charge in [-0.2, -0.15) is 0 Å². The molecule has 0 unspecified atom stereocenters. The lowest BCUT2D eigenvalue weighted by atomic mass is 10.5. The Morgan fingerprint density at radius 1 is 1.58 bits per heavy atom. The predicted octanol–water partition coefficient (Wildman–Crippen LogP) is -0.674. The van der Waals surface area contributed by atoms with Gasteiger partial charge in [-0.15, -0.1) is 5.10 Å². The van der Waals surface area contributed by atoms with E-state index in [1.54, 1.807) is 7.11 Å². The van der Waals surface area contributed by atoms with Crippen molar-refractivity contribution in [2.24, 2.45) is 0 Å². The number of carbonyl (C=O) groups is 1. The van der Waals surface area contributed by atoms with Crippen LogP contribution in [0.1, 0.15) is 0 Å². The standard InChI is InChI=1S/C10H18N4O4S/c1-13(5-6-18-2)3-4-14-9(17)11-12-10(14)19-7-8(15)16/h3-7H2,1-2H3,(H,11,17)(H,15,16). The van der Waals surface area contributed by atoms with Crippen molar-refractivity contribution in [3.8, 4) is 0 Å². The van der Waals surface area contributed by atoms with Crippen LogP contribution >= 0.6 is 11.8 Å². The van der Waals surface area contributed by atoms with E-state index >= 15 is 0 Å². The Balaban J connectivity index is 2.54. The summed E-state index contributed by atoms with van der Waals surface area (Å²) in [6, 6.07) is 0. The first-order chi connectivity index (χ1) is 9.04. The number of ether oxygens (including phenoxy) is 1. The number of thioether (sulfide) groups is 1. The zero-order chi connectivity index (χ0) is 14.3. The Morgan fingerprint density at radius 2 is 2.32 bits per heavy atom. The van der Waals surface area contributed by atoms with Crippen molar-refractivity contribution in [1.29, 1.82) is 0 Å². The van der Waals surface area contributed by atoms with Crippen LogP contribution in [0, 0.1) is 0 Å². The second-order valence-electron chi connectivity index (χ2n) is 3.94. The van der Waals surface area contributed by atoms with Crippen molar-refractivity contribution in [1.82, 2.24) is 19.7 Å². The van der Waals surface area contributed by atoms with E-state index in [0.29, 0.717) is 24.9 Å². The molecule has 1 heterocycles. The average molecular weight is 290 g/mol. The summed E-state index contributed by atoms with van der Waals surface area (Å²) in [5.41, 5.74) is -0.326. The molecule has 0 aliphatic rings. The molecule has 0 atom stereocenters. The molecular weight excluding hydrogens is 272 g/mol. The van der Waals surface area contributed by atoms with E-state index in [9.17, 15) is 9.59 Å². The lowest BCUT2D eigenvalue weighted by Gasteiger charge is -2.16. The van der Waals surface area contributed by atoms with Crippen LogP contribution in [-0.4, -0.2) is 70.3 Å². The van der Waals surface area contributed by atoms with Gasteiger partial charge in [0, 0.05) is 26.7 Å². The number of rotatable bonds is 9. The Bertz CT molecular complexity index is 459. The lowest BCUT2D eigenvalue weighted by Crippen LogP contribution is -2.30. The highest BCUT2D eigenvalue weighted by Gasteiger charge is 2.11. The molecule has 1 aromatic rings. The highest BCUT2D eigenvalue weighted by atomic mass is 32.2. The minimum atomic E-state index is -0.941. The van der Waals surface area contributed by atoms with E-state index in [4.69, 9.17) is 9.84 Å². The van der Waals surface area contributed by atoms with Crippen LogP contribution in [0.4, 0.5) is 0 Å². The summed E-state index contributed by atoms with van der Waals surface area (Å²) < 4.78 is 6.41. The quantitative estimate of drug-likeness (QED) is 0.581. The number of carboxylic acids is 1. The van der Waals surface area contributed by atoms with Gasteiger partial charge in [0.2, 0.25) is 0 Å². The fraction of sp³-hybridized carbons (Fsp3) is 0.700. The molecule has 9 heteroatoms. The number of hydrogen-bond acceptors (Lipinski definition) is 6. The number of aromatic nitrogens is 3. The summed E-state index contributed by atoms with van der Waals surface area (Å²) in [4.78, 5) is 24.1. The van der Waals surface area contributed by atoms with Crippen LogP contribution in [-0.2, 0) is 16.1 Å². The number of carboxylic acid groups (broad SMARTS) is 1. The molecule has 0 saturated carbocycles. The zero-order valence-corrected chi connectivity index (χ0v) is 11.8. The summed E-state index contributed by atoms with van der Waals surface area (Å²) >= 11 is 1.02. The molecule has 0 radical (unpaired) electrons. The first kappa shape index (κ1) is 15.7. The van der Waals surface area contributed by atoms with Crippen molar-refractivity contribution in [2.75, 3.05) is 39.6 Å². The normalized spacial score (nSPS) is 11.1. The Morgan fingerprint density at radius 3 is 2.95 bits per heavy atom. The van der Waals surface area contributed by atoms with Gasteiger partial charge in [-0.1, -0.05) is 11.8 Å². The fourth-order valence-electron chi connectivity index (χ4n) is 1.37. The second-order valence-corrected chi connectivity index (χ2v) is 4.88. The Hall–Kier alpha value is -1.32. The van der Waals surface area contributed by atoms with Crippen LogP contribution in [0.5, 0.6) is 0 Å². The molecule has 0 saturated heterocycles. The zero-order valence-electron chi connectivity index (χ0n) is 11.0. The number of aromatic amines is 1. The van der Waals surface area contributed by atoms with Gasteiger partial charge in [0.05, 0.1) is 12.4 Å². The third-order valence-corrected chi connectivity index (χ3v) is 3.39.